The Kier molecular flexibility index (Phi) is 4.35. The maximum atomic E-state index is 13.7. The molecule has 2 aliphatic heterocycles. The standard InChI is InChI=1S/C22H24F4N6O2/c23-20-8-19(9-20,10-20)11-29-18(33)31-2-1-21(12-31)16-6-15(30-32(16)3-4-34-21)13-5-14(22(24,25)26)17(27)28-7-13/h5-7H,1-4,8-12H2,(H2,27,28)(H,29,33)/t19?,20?,21-/m1/s1. The number of urea groups is 1. The lowest BCUT2D eigenvalue weighted by atomic mass is 9.42. The van der Waals surface area contributed by atoms with Gasteiger partial charge in [0, 0.05) is 31.3 Å². The first kappa shape index (κ1) is 21.6. The van der Waals surface area contributed by atoms with E-state index < -0.39 is 28.8 Å². The molecule has 3 N–H and O–H groups in total. The van der Waals surface area contributed by atoms with Crippen molar-refractivity contribution in [3.05, 3.63) is 29.6 Å². The van der Waals surface area contributed by atoms with E-state index in [4.69, 9.17) is 10.5 Å². The van der Waals surface area contributed by atoms with Gasteiger partial charge in [0.2, 0.25) is 0 Å². The lowest BCUT2D eigenvalue weighted by Crippen LogP contribution is -2.68. The van der Waals surface area contributed by atoms with Crippen molar-refractivity contribution < 1.29 is 27.1 Å². The van der Waals surface area contributed by atoms with Gasteiger partial charge in [-0.1, -0.05) is 0 Å². The number of rotatable bonds is 3. The monoisotopic (exact) mass is 480 g/mol. The number of fused-ring (bicyclic) bond motifs is 2. The summed E-state index contributed by atoms with van der Waals surface area (Å²) in [6, 6.07) is 2.44. The molecule has 7 rings (SSSR count). The third-order valence-electron chi connectivity index (χ3n) is 7.66. The molecule has 1 atom stereocenters. The Morgan fingerprint density at radius 2 is 2.00 bits per heavy atom. The van der Waals surface area contributed by atoms with Gasteiger partial charge in [-0.05, 0) is 36.8 Å². The van der Waals surface area contributed by atoms with Crippen LogP contribution in [0, 0.1) is 5.41 Å². The molecule has 1 saturated heterocycles. The zero-order chi connectivity index (χ0) is 23.9. The number of amides is 2. The Balaban J connectivity index is 1.20. The Bertz CT molecular complexity index is 1160. The molecule has 0 aromatic carbocycles. The molecule has 3 aliphatic carbocycles. The summed E-state index contributed by atoms with van der Waals surface area (Å²) in [5.41, 5.74) is 3.80. The van der Waals surface area contributed by atoms with Gasteiger partial charge in [-0.3, -0.25) is 4.68 Å². The number of carbonyl (C=O) groups is 1. The molecule has 3 saturated carbocycles. The summed E-state index contributed by atoms with van der Waals surface area (Å²) in [4.78, 5) is 18.2. The number of nitrogens with two attached hydrogens (primary N) is 1. The second-order valence-corrected chi connectivity index (χ2v) is 10.1. The van der Waals surface area contributed by atoms with Crippen LogP contribution >= 0.6 is 0 Å². The molecule has 34 heavy (non-hydrogen) atoms. The molecule has 8 nitrogen and oxygen atoms in total. The fourth-order valence-electron chi connectivity index (χ4n) is 6.04. The first-order chi connectivity index (χ1) is 16.0. The van der Waals surface area contributed by atoms with E-state index in [0.29, 0.717) is 69.9 Å². The number of aromatic nitrogens is 3. The summed E-state index contributed by atoms with van der Waals surface area (Å²) in [6.45, 7) is 2.06. The van der Waals surface area contributed by atoms with Crippen molar-refractivity contribution in [2.75, 3.05) is 32.0 Å². The van der Waals surface area contributed by atoms with Gasteiger partial charge in [0.1, 0.15) is 17.1 Å². The van der Waals surface area contributed by atoms with Crippen LogP contribution in [0.15, 0.2) is 18.3 Å². The van der Waals surface area contributed by atoms with Crippen LogP contribution in [0.3, 0.4) is 0 Å². The molecule has 0 unspecified atom stereocenters. The molecule has 2 bridgehead atoms. The number of anilines is 1. The number of likely N-dealkylation sites (tertiary alicyclic amines) is 1. The number of nitrogen functional groups attached to an aromatic ring is 1. The van der Waals surface area contributed by atoms with Gasteiger partial charge in [-0.25, -0.2) is 14.2 Å². The Hall–Kier alpha value is -2.89. The van der Waals surface area contributed by atoms with Crippen LogP contribution in [-0.2, 0) is 23.1 Å². The van der Waals surface area contributed by atoms with Gasteiger partial charge < -0.3 is 20.7 Å². The van der Waals surface area contributed by atoms with E-state index in [1.807, 2.05) is 0 Å². The minimum absolute atomic E-state index is 0.0843. The van der Waals surface area contributed by atoms with Gasteiger partial charge in [-0.15, -0.1) is 0 Å². The number of carbonyl (C=O) groups excluding carboxylic acids is 1. The van der Waals surface area contributed by atoms with Crippen LogP contribution in [0.5, 0.6) is 0 Å². The van der Waals surface area contributed by atoms with E-state index in [9.17, 15) is 22.4 Å². The van der Waals surface area contributed by atoms with Crippen LogP contribution in [0.25, 0.3) is 11.3 Å². The summed E-state index contributed by atoms with van der Waals surface area (Å²) in [6.07, 6.45) is -1.26. The number of pyridine rings is 1. The first-order valence-electron chi connectivity index (χ1n) is 11.3. The maximum absolute atomic E-state index is 13.7. The van der Waals surface area contributed by atoms with Crippen molar-refractivity contribution in [3.63, 3.8) is 0 Å². The summed E-state index contributed by atoms with van der Waals surface area (Å²) in [7, 11) is 0. The van der Waals surface area contributed by atoms with Crippen molar-refractivity contribution >= 4 is 11.8 Å². The average Bonchev–Trinajstić information content (AvgIpc) is 3.35. The molecule has 2 aromatic rings. The van der Waals surface area contributed by atoms with Crippen LogP contribution in [-0.4, -0.2) is 57.6 Å². The van der Waals surface area contributed by atoms with Gasteiger partial charge in [0.15, 0.2) is 0 Å². The number of ether oxygens (including phenoxy) is 1. The minimum atomic E-state index is -4.62. The van der Waals surface area contributed by atoms with Gasteiger partial charge in [0.05, 0.1) is 36.6 Å². The minimum Gasteiger partial charge on any atom is -0.383 e. The predicted molar refractivity (Wildman–Crippen MR) is 112 cm³/mol. The highest BCUT2D eigenvalue weighted by Gasteiger charge is 2.68. The Labute approximate surface area is 192 Å². The van der Waals surface area contributed by atoms with Crippen molar-refractivity contribution in [3.8, 4) is 11.3 Å². The largest absolute Gasteiger partial charge is 0.419 e. The normalized spacial score (nSPS) is 31.7. The van der Waals surface area contributed by atoms with Gasteiger partial charge in [0.25, 0.3) is 0 Å². The molecule has 4 fully saturated rings. The van der Waals surface area contributed by atoms with Gasteiger partial charge >= 0.3 is 12.2 Å². The Morgan fingerprint density at radius 1 is 1.24 bits per heavy atom. The SMILES string of the molecule is Nc1ncc(-c2cc3n(n2)CCO[C@@]32CCN(C(=O)NCC34CC(F)(C3)C4)C2)cc1C(F)(F)F. The van der Waals surface area contributed by atoms with E-state index in [1.165, 1.54) is 6.20 Å². The van der Waals surface area contributed by atoms with Gasteiger partial charge in [-0.2, -0.15) is 18.3 Å². The van der Waals surface area contributed by atoms with Crippen molar-refractivity contribution in [1.82, 2.24) is 25.0 Å². The molecular weight excluding hydrogens is 456 g/mol. The van der Waals surface area contributed by atoms with Crippen molar-refractivity contribution in [1.29, 1.82) is 0 Å². The van der Waals surface area contributed by atoms with Crippen molar-refractivity contribution in [2.45, 2.75) is 49.7 Å². The van der Waals surface area contributed by atoms with Crippen LogP contribution in [0.1, 0.15) is 36.9 Å². The van der Waals surface area contributed by atoms with E-state index in [2.05, 4.69) is 15.4 Å². The lowest BCUT2D eigenvalue weighted by Gasteiger charge is -2.66. The molecule has 0 radical (unpaired) electrons. The summed E-state index contributed by atoms with van der Waals surface area (Å²) < 4.78 is 61.5. The molecule has 1 spiro atoms. The van der Waals surface area contributed by atoms with Crippen LogP contribution < -0.4 is 11.1 Å². The highest BCUT2D eigenvalue weighted by molar-refractivity contribution is 5.75. The van der Waals surface area contributed by atoms with Crippen LogP contribution in [0.4, 0.5) is 28.2 Å². The molecule has 4 heterocycles. The second kappa shape index (κ2) is 6.83. The highest BCUT2D eigenvalue weighted by atomic mass is 19.4. The fraction of sp³-hybridized carbons (Fsp3) is 0.591. The first-order valence-corrected chi connectivity index (χ1v) is 11.3. The average molecular weight is 480 g/mol. The quantitative estimate of drug-likeness (QED) is 0.658. The smallest absolute Gasteiger partial charge is 0.383 e. The molecule has 2 aromatic heterocycles. The number of nitrogens with one attached hydrogen (secondary N) is 1. The van der Waals surface area contributed by atoms with E-state index in [-0.39, 0.29) is 17.0 Å². The third-order valence-corrected chi connectivity index (χ3v) is 7.66. The molecule has 2 amide bonds. The number of halogens is 4. The zero-order valence-corrected chi connectivity index (χ0v) is 18.3. The van der Waals surface area contributed by atoms with E-state index in [0.717, 1.165) is 6.07 Å². The van der Waals surface area contributed by atoms with E-state index in [1.54, 1.807) is 15.6 Å². The Morgan fingerprint density at radius 3 is 2.71 bits per heavy atom. The second-order valence-electron chi connectivity index (χ2n) is 10.1. The number of alkyl halides is 4. The molecule has 12 heteroatoms. The molecule has 182 valence electrons. The predicted octanol–water partition coefficient (Wildman–Crippen LogP) is 3.08. The molecule has 5 aliphatic rings. The number of hydrogen-bond acceptors (Lipinski definition) is 5. The topological polar surface area (TPSA) is 98.3 Å². The third kappa shape index (κ3) is 3.25. The zero-order valence-electron chi connectivity index (χ0n) is 18.3. The molecular formula is C22H24F4N6O2. The highest BCUT2D eigenvalue weighted by Crippen LogP contribution is 2.69. The summed E-state index contributed by atoms with van der Waals surface area (Å²) in [5.74, 6) is -0.585. The maximum Gasteiger partial charge on any atom is 0.419 e. The lowest BCUT2D eigenvalue weighted by molar-refractivity contribution is -0.208. The van der Waals surface area contributed by atoms with E-state index >= 15 is 0 Å². The van der Waals surface area contributed by atoms with Crippen molar-refractivity contribution in [2.24, 2.45) is 5.41 Å². The number of hydrogen-bond donors (Lipinski definition) is 2. The fourth-order valence-corrected chi connectivity index (χ4v) is 6.04. The summed E-state index contributed by atoms with van der Waals surface area (Å²) >= 11 is 0. The number of nitrogens with zero attached hydrogens (tertiary/aromatic N) is 4. The van der Waals surface area contributed by atoms with Crippen LogP contribution in [0.2, 0.25) is 0 Å². The summed E-state index contributed by atoms with van der Waals surface area (Å²) in [5, 5.41) is 7.44.